The molecule has 1 saturated heterocycles. The molecule has 0 bridgehead atoms. The fourth-order valence-electron chi connectivity index (χ4n) is 1.93. The van der Waals surface area contributed by atoms with Crippen LogP contribution in [0.5, 0.6) is 6.01 Å². The van der Waals surface area contributed by atoms with E-state index in [1.807, 2.05) is 20.8 Å². The molecule has 0 saturated carbocycles. The summed E-state index contributed by atoms with van der Waals surface area (Å²) in [5, 5.41) is 3.12. The highest BCUT2D eigenvalue weighted by molar-refractivity contribution is 5.38. The highest BCUT2D eigenvalue weighted by Crippen LogP contribution is 2.17. The van der Waals surface area contributed by atoms with E-state index in [4.69, 9.17) is 9.47 Å². The molecule has 0 unspecified atom stereocenters. The van der Waals surface area contributed by atoms with Gasteiger partial charge in [-0.2, -0.15) is 15.0 Å². The molecule has 0 radical (unpaired) electrons. The van der Waals surface area contributed by atoms with Gasteiger partial charge in [0, 0.05) is 26.2 Å². The van der Waals surface area contributed by atoms with Crippen LogP contribution >= 0.6 is 0 Å². The summed E-state index contributed by atoms with van der Waals surface area (Å²) in [6.07, 6.45) is 1.01. The monoisotopic (exact) mass is 281 g/mol. The Hall–Kier alpha value is -1.63. The normalized spacial score (nSPS) is 16.1. The molecule has 1 aliphatic rings. The van der Waals surface area contributed by atoms with Crippen LogP contribution in [0.25, 0.3) is 0 Å². The minimum atomic E-state index is 0.0344. The van der Waals surface area contributed by atoms with Crippen molar-refractivity contribution in [1.82, 2.24) is 15.0 Å². The van der Waals surface area contributed by atoms with Crippen LogP contribution in [-0.2, 0) is 4.74 Å². The van der Waals surface area contributed by atoms with Crippen molar-refractivity contribution in [3.05, 3.63) is 0 Å². The van der Waals surface area contributed by atoms with Crippen LogP contribution in [0, 0.1) is 0 Å². The zero-order valence-electron chi connectivity index (χ0n) is 12.4. The molecule has 0 amide bonds. The average molecular weight is 281 g/mol. The topological polar surface area (TPSA) is 72.4 Å². The van der Waals surface area contributed by atoms with Crippen LogP contribution in [-0.4, -0.2) is 53.9 Å². The Bertz CT molecular complexity index is 419. The van der Waals surface area contributed by atoms with E-state index in [0.717, 1.165) is 32.7 Å². The largest absolute Gasteiger partial charge is 0.461 e. The first kappa shape index (κ1) is 14.8. The van der Waals surface area contributed by atoms with Gasteiger partial charge < -0.3 is 19.7 Å². The number of nitrogens with zero attached hydrogens (tertiary/aromatic N) is 4. The third kappa shape index (κ3) is 4.19. The van der Waals surface area contributed by atoms with E-state index in [0.29, 0.717) is 24.5 Å². The molecule has 2 rings (SSSR count). The van der Waals surface area contributed by atoms with Crippen LogP contribution in [0.4, 0.5) is 11.9 Å². The number of aromatic nitrogens is 3. The summed E-state index contributed by atoms with van der Waals surface area (Å²) in [6.45, 7) is 9.83. The van der Waals surface area contributed by atoms with Crippen molar-refractivity contribution < 1.29 is 9.47 Å². The van der Waals surface area contributed by atoms with Gasteiger partial charge in [-0.25, -0.2) is 0 Å². The number of rotatable bonds is 5. The van der Waals surface area contributed by atoms with Gasteiger partial charge in [0.1, 0.15) is 0 Å². The summed E-state index contributed by atoms with van der Waals surface area (Å²) in [5.41, 5.74) is 0. The van der Waals surface area contributed by atoms with Gasteiger partial charge in [-0.1, -0.05) is 0 Å². The van der Waals surface area contributed by atoms with Gasteiger partial charge in [0.15, 0.2) is 0 Å². The number of hydrogen-bond acceptors (Lipinski definition) is 7. The second-order valence-corrected chi connectivity index (χ2v) is 4.89. The highest BCUT2D eigenvalue weighted by atomic mass is 16.5. The fraction of sp³-hybridized carbons (Fsp3) is 0.769. The van der Waals surface area contributed by atoms with E-state index >= 15 is 0 Å². The van der Waals surface area contributed by atoms with Crippen molar-refractivity contribution in [3.63, 3.8) is 0 Å². The lowest BCUT2D eigenvalue weighted by Gasteiger charge is -2.20. The van der Waals surface area contributed by atoms with Gasteiger partial charge in [0.2, 0.25) is 11.9 Å². The van der Waals surface area contributed by atoms with Crippen molar-refractivity contribution >= 4 is 11.9 Å². The third-order valence-electron chi connectivity index (χ3n) is 2.78. The minimum absolute atomic E-state index is 0.0344. The lowest BCUT2D eigenvalue weighted by molar-refractivity contribution is 0.152. The molecule has 7 heteroatoms. The zero-order chi connectivity index (χ0) is 14.4. The molecule has 1 aliphatic heterocycles. The number of hydrogen-bond donors (Lipinski definition) is 1. The Morgan fingerprint density at radius 1 is 1.25 bits per heavy atom. The van der Waals surface area contributed by atoms with Gasteiger partial charge in [-0.3, -0.25) is 0 Å². The highest BCUT2D eigenvalue weighted by Gasteiger charge is 2.16. The molecule has 0 aromatic carbocycles. The molecular formula is C13H23N5O2. The molecule has 0 atom stereocenters. The molecule has 0 aliphatic carbocycles. The van der Waals surface area contributed by atoms with Gasteiger partial charge in [-0.05, 0) is 27.2 Å². The van der Waals surface area contributed by atoms with E-state index in [1.165, 1.54) is 0 Å². The first-order chi connectivity index (χ1) is 9.69. The molecular weight excluding hydrogens is 258 g/mol. The van der Waals surface area contributed by atoms with Crippen molar-refractivity contribution in [2.75, 3.05) is 43.1 Å². The van der Waals surface area contributed by atoms with Gasteiger partial charge >= 0.3 is 6.01 Å². The van der Waals surface area contributed by atoms with E-state index in [-0.39, 0.29) is 6.10 Å². The first-order valence-electron chi connectivity index (χ1n) is 7.18. The summed E-state index contributed by atoms with van der Waals surface area (Å²) in [6, 6.07) is 0.367. The Morgan fingerprint density at radius 3 is 2.85 bits per heavy atom. The second kappa shape index (κ2) is 7.23. The van der Waals surface area contributed by atoms with Gasteiger partial charge in [0.05, 0.1) is 12.7 Å². The van der Waals surface area contributed by atoms with E-state index in [9.17, 15) is 0 Å². The minimum Gasteiger partial charge on any atom is -0.461 e. The molecule has 20 heavy (non-hydrogen) atoms. The van der Waals surface area contributed by atoms with Crippen molar-refractivity contribution in [1.29, 1.82) is 0 Å². The van der Waals surface area contributed by atoms with Crippen LogP contribution < -0.4 is 15.0 Å². The summed E-state index contributed by atoms with van der Waals surface area (Å²) in [4.78, 5) is 15.2. The fourth-order valence-corrected chi connectivity index (χ4v) is 1.93. The maximum Gasteiger partial charge on any atom is 0.323 e. The Labute approximate surface area is 119 Å². The number of anilines is 2. The molecule has 2 heterocycles. The van der Waals surface area contributed by atoms with E-state index in [1.54, 1.807) is 0 Å². The lowest BCUT2D eigenvalue weighted by atomic mass is 10.4. The molecule has 1 fully saturated rings. The maximum absolute atomic E-state index is 5.60. The van der Waals surface area contributed by atoms with Crippen molar-refractivity contribution in [2.24, 2.45) is 0 Å². The quantitative estimate of drug-likeness (QED) is 0.872. The van der Waals surface area contributed by atoms with Gasteiger partial charge in [-0.15, -0.1) is 0 Å². The van der Waals surface area contributed by atoms with Crippen LogP contribution in [0.15, 0.2) is 0 Å². The van der Waals surface area contributed by atoms with Crippen molar-refractivity contribution in [3.8, 4) is 6.01 Å². The smallest absolute Gasteiger partial charge is 0.323 e. The Morgan fingerprint density at radius 2 is 2.10 bits per heavy atom. The SMILES string of the molecule is CCNc1nc(OC(C)C)nc(N2CCCOCC2)n1. The number of nitrogens with one attached hydrogen (secondary N) is 1. The third-order valence-corrected chi connectivity index (χ3v) is 2.78. The predicted molar refractivity (Wildman–Crippen MR) is 77.4 cm³/mol. The maximum atomic E-state index is 5.60. The van der Waals surface area contributed by atoms with Crippen LogP contribution in [0.1, 0.15) is 27.2 Å². The molecule has 1 N–H and O–H groups in total. The molecule has 112 valence electrons. The molecule has 1 aromatic heterocycles. The van der Waals surface area contributed by atoms with Crippen molar-refractivity contribution in [2.45, 2.75) is 33.3 Å². The Balaban J connectivity index is 2.22. The summed E-state index contributed by atoms with van der Waals surface area (Å²) >= 11 is 0. The summed E-state index contributed by atoms with van der Waals surface area (Å²) in [7, 11) is 0. The molecule has 0 spiro atoms. The summed E-state index contributed by atoms with van der Waals surface area (Å²) in [5.74, 6) is 1.20. The van der Waals surface area contributed by atoms with Crippen LogP contribution in [0.3, 0.4) is 0 Å². The molecule has 1 aromatic rings. The zero-order valence-corrected chi connectivity index (χ0v) is 12.4. The van der Waals surface area contributed by atoms with E-state index < -0.39 is 0 Å². The molecule has 7 nitrogen and oxygen atoms in total. The first-order valence-corrected chi connectivity index (χ1v) is 7.18. The number of ether oxygens (including phenoxy) is 2. The second-order valence-electron chi connectivity index (χ2n) is 4.89. The lowest BCUT2D eigenvalue weighted by Crippen LogP contribution is -2.28. The van der Waals surface area contributed by atoms with E-state index in [2.05, 4.69) is 25.2 Å². The average Bonchev–Trinajstić information content (AvgIpc) is 2.66. The predicted octanol–water partition coefficient (Wildman–Crippen LogP) is 1.32. The van der Waals surface area contributed by atoms with Crippen LogP contribution in [0.2, 0.25) is 0 Å². The Kier molecular flexibility index (Phi) is 5.34. The van der Waals surface area contributed by atoms with Gasteiger partial charge in [0.25, 0.3) is 0 Å². The standard InChI is InChI=1S/C13H23N5O2/c1-4-14-11-15-12(17-13(16-11)20-10(2)3)18-6-5-8-19-9-7-18/h10H,4-9H2,1-3H3,(H,14,15,16,17). The summed E-state index contributed by atoms with van der Waals surface area (Å²) < 4.78 is 11.1.